The highest BCUT2D eigenvalue weighted by Crippen LogP contribution is 2.24. The zero-order valence-corrected chi connectivity index (χ0v) is 15.4. The molecule has 0 aliphatic carbocycles. The van der Waals surface area contributed by atoms with Gasteiger partial charge in [-0.25, -0.2) is 4.98 Å². The van der Waals surface area contributed by atoms with E-state index >= 15 is 0 Å². The summed E-state index contributed by atoms with van der Waals surface area (Å²) in [7, 11) is 0. The molecule has 3 rings (SSSR count). The summed E-state index contributed by atoms with van der Waals surface area (Å²) in [5, 5.41) is 10.8. The minimum atomic E-state index is -0.0240. The van der Waals surface area contributed by atoms with E-state index in [1.165, 1.54) is 11.8 Å². The topological polar surface area (TPSA) is 57.0 Å². The lowest BCUT2D eigenvalue weighted by Crippen LogP contribution is -2.33. The van der Waals surface area contributed by atoms with Crippen molar-refractivity contribution in [3.05, 3.63) is 66.2 Å². The highest BCUT2D eigenvalue weighted by Gasteiger charge is 2.16. The number of anilines is 1. The van der Waals surface area contributed by atoms with Gasteiger partial charge >= 0.3 is 0 Å². The van der Waals surface area contributed by atoms with Crippen molar-refractivity contribution in [2.75, 3.05) is 17.2 Å². The molecule has 0 saturated heterocycles. The van der Waals surface area contributed by atoms with Gasteiger partial charge in [0, 0.05) is 17.6 Å². The van der Waals surface area contributed by atoms with E-state index in [1.54, 1.807) is 4.90 Å². The van der Waals surface area contributed by atoms with Gasteiger partial charge in [0.15, 0.2) is 0 Å². The van der Waals surface area contributed by atoms with Crippen molar-refractivity contribution >= 4 is 34.3 Å². The van der Waals surface area contributed by atoms with Crippen LogP contribution in [0.5, 0.6) is 0 Å². The summed E-state index contributed by atoms with van der Waals surface area (Å²) in [4.78, 5) is 19.1. The van der Waals surface area contributed by atoms with E-state index in [4.69, 9.17) is 5.26 Å². The van der Waals surface area contributed by atoms with Crippen LogP contribution >= 0.6 is 11.8 Å². The van der Waals surface area contributed by atoms with Crippen molar-refractivity contribution in [3.8, 4) is 6.07 Å². The van der Waals surface area contributed by atoms with Crippen molar-refractivity contribution < 1.29 is 4.79 Å². The Hall–Kier alpha value is -2.84. The average Bonchev–Trinajstić information content (AvgIpc) is 2.67. The second kappa shape index (κ2) is 8.50. The summed E-state index contributed by atoms with van der Waals surface area (Å²) in [5.41, 5.74) is 2.90. The molecule has 2 aromatic carbocycles. The molecule has 26 heavy (non-hydrogen) atoms. The number of pyridine rings is 1. The highest BCUT2D eigenvalue weighted by atomic mass is 32.2. The molecule has 4 nitrogen and oxygen atoms in total. The van der Waals surface area contributed by atoms with Gasteiger partial charge in [-0.05, 0) is 36.8 Å². The maximum Gasteiger partial charge on any atom is 0.237 e. The van der Waals surface area contributed by atoms with Crippen LogP contribution < -0.4 is 4.90 Å². The number of hydrogen-bond donors (Lipinski definition) is 0. The minimum absolute atomic E-state index is 0.0240. The van der Waals surface area contributed by atoms with Gasteiger partial charge in [-0.15, -0.1) is 0 Å². The molecular weight excluding hydrogens is 342 g/mol. The molecule has 1 amide bonds. The van der Waals surface area contributed by atoms with Crippen LogP contribution in [0.1, 0.15) is 12.0 Å². The Labute approximate surface area is 157 Å². The Balaban J connectivity index is 1.75. The van der Waals surface area contributed by atoms with Crippen LogP contribution in [0.2, 0.25) is 0 Å². The number of para-hydroxylation sites is 2. The maximum absolute atomic E-state index is 12.7. The van der Waals surface area contributed by atoms with Crippen LogP contribution in [0.15, 0.2) is 65.7 Å². The normalized spacial score (nSPS) is 10.5. The van der Waals surface area contributed by atoms with Gasteiger partial charge in [-0.3, -0.25) is 4.79 Å². The number of carbonyl (C=O) groups is 1. The van der Waals surface area contributed by atoms with Gasteiger partial charge in [-0.2, -0.15) is 5.26 Å². The van der Waals surface area contributed by atoms with E-state index in [2.05, 4.69) is 24.0 Å². The molecule has 5 heteroatoms. The second-order valence-corrected chi connectivity index (χ2v) is 6.87. The number of carbonyl (C=O) groups excluding carboxylic acids is 1. The van der Waals surface area contributed by atoms with Crippen LogP contribution in [0.3, 0.4) is 0 Å². The SMILES string of the molecule is Cc1cc(SCC(=O)N(CCC#N)c2ccccc2)nc2ccccc12. The number of amides is 1. The lowest BCUT2D eigenvalue weighted by Gasteiger charge is -2.21. The molecule has 0 N–H and O–H groups in total. The van der Waals surface area contributed by atoms with E-state index in [0.29, 0.717) is 13.0 Å². The first-order chi connectivity index (χ1) is 12.7. The third-order valence-electron chi connectivity index (χ3n) is 4.06. The summed E-state index contributed by atoms with van der Waals surface area (Å²) in [6, 6.07) is 21.6. The first-order valence-electron chi connectivity index (χ1n) is 8.40. The molecule has 0 aliphatic heterocycles. The lowest BCUT2D eigenvalue weighted by atomic mass is 10.1. The number of aromatic nitrogens is 1. The first-order valence-corrected chi connectivity index (χ1v) is 9.39. The predicted octanol–water partition coefficient (Wildman–Crippen LogP) is 4.58. The zero-order chi connectivity index (χ0) is 18.4. The monoisotopic (exact) mass is 361 g/mol. The number of fused-ring (bicyclic) bond motifs is 1. The Kier molecular flexibility index (Phi) is 5.88. The van der Waals surface area contributed by atoms with E-state index in [0.717, 1.165) is 27.2 Å². The van der Waals surface area contributed by atoms with E-state index < -0.39 is 0 Å². The van der Waals surface area contributed by atoms with Crippen LogP contribution in [0.25, 0.3) is 10.9 Å². The summed E-state index contributed by atoms with van der Waals surface area (Å²) < 4.78 is 0. The molecule has 0 bridgehead atoms. The number of aryl methyl sites for hydroxylation is 1. The smallest absolute Gasteiger partial charge is 0.237 e. The van der Waals surface area contributed by atoms with Gasteiger partial charge in [0.2, 0.25) is 5.91 Å². The third-order valence-corrected chi connectivity index (χ3v) is 4.96. The van der Waals surface area contributed by atoms with Crippen molar-refractivity contribution in [2.24, 2.45) is 0 Å². The Morgan fingerprint density at radius 1 is 1.15 bits per heavy atom. The molecule has 0 atom stereocenters. The molecular formula is C21H19N3OS. The number of rotatable bonds is 6. The quantitative estimate of drug-likeness (QED) is 0.603. The van der Waals surface area contributed by atoms with Gasteiger partial charge < -0.3 is 4.90 Å². The average molecular weight is 361 g/mol. The minimum Gasteiger partial charge on any atom is -0.311 e. The molecule has 0 saturated carbocycles. The summed E-state index contributed by atoms with van der Waals surface area (Å²) in [6.07, 6.45) is 0.304. The summed E-state index contributed by atoms with van der Waals surface area (Å²) in [5.74, 6) is 0.259. The number of benzene rings is 2. The molecule has 0 fully saturated rings. The van der Waals surface area contributed by atoms with Gasteiger partial charge in [0.1, 0.15) is 0 Å². The van der Waals surface area contributed by atoms with Crippen molar-refractivity contribution in [3.63, 3.8) is 0 Å². The van der Waals surface area contributed by atoms with Crippen molar-refractivity contribution in [1.29, 1.82) is 5.26 Å². The molecule has 0 spiro atoms. The van der Waals surface area contributed by atoms with Crippen LogP contribution in [-0.4, -0.2) is 23.2 Å². The standard InChI is InChI=1S/C21H19N3OS/c1-16-14-20(23-19-11-6-5-10-18(16)19)26-15-21(25)24(13-7-12-22)17-8-3-2-4-9-17/h2-6,8-11,14H,7,13,15H2,1H3. The Morgan fingerprint density at radius 3 is 2.65 bits per heavy atom. The fourth-order valence-corrected chi connectivity index (χ4v) is 3.62. The number of hydrogen-bond acceptors (Lipinski definition) is 4. The largest absolute Gasteiger partial charge is 0.311 e. The third kappa shape index (κ3) is 4.22. The molecule has 0 aliphatic rings. The maximum atomic E-state index is 12.7. The van der Waals surface area contributed by atoms with Gasteiger partial charge in [0.25, 0.3) is 0 Å². The molecule has 0 unspecified atom stereocenters. The van der Waals surface area contributed by atoms with Crippen LogP contribution in [0.4, 0.5) is 5.69 Å². The summed E-state index contributed by atoms with van der Waals surface area (Å²) in [6.45, 7) is 2.45. The Bertz CT molecular complexity index is 950. The number of nitrogens with zero attached hydrogens (tertiary/aromatic N) is 3. The zero-order valence-electron chi connectivity index (χ0n) is 14.6. The lowest BCUT2D eigenvalue weighted by molar-refractivity contribution is -0.116. The van der Waals surface area contributed by atoms with Gasteiger partial charge in [0.05, 0.1) is 28.8 Å². The molecule has 3 aromatic rings. The molecule has 1 heterocycles. The first kappa shape index (κ1) is 18.0. The Morgan fingerprint density at radius 2 is 1.88 bits per heavy atom. The fourth-order valence-electron chi connectivity index (χ4n) is 2.77. The van der Waals surface area contributed by atoms with Crippen LogP contribution in [-0.2, 0) is 4.79 Å². The molecule has 130 valence electrons. The predicted molar refractivity (Wildman–Crippen MR) is 106 cm³/mol. The van der Waals surface area contributed by atoms with Crippen LogP contribution in [0, 0.1) is 18.3 Å². The van der Waals surface area contributed by atoms with E-state index in [9.17, 15) is 4.79 Å². The van der Waals surface area contributed by atoms with E-state index in [-0.39, 0.29) is 11.7 Å². The molecule has 1 aromatic heterocycles. The number of nitriles is 1. The second-order valence-electron chi connectivity index (χ2n) is 5.87. The fraction of sp³-hybridized carbons (Fsp3) is 0.190. The van der Waals surface area contributed by atoms with Gasteiger partial charge in [-0.1, -0.05) is 48.2 Å². The summed E-state index contributed by atoms with van der Waals surface area (Å²) >= 11 is 1.43. The molecule has 0 radical (unpaired) electrons. The van der Waals surface area contributed by atoms with Crippen molar-refractivity contribution in [1.82, 2.24) is 4.98 Å². The number of thioether (sulfide) groups is 1. The van der Waals surface area contributed by atoms with Crippen molar-refractivity contribution in [2.45, 2.75) is 18.4 Å². The van der Waals surface area contributed by atoms with E-state index in [1.807, 2.05) is 54.6 Å². The highest BCUT2D eigenvalue weighted by molar-refractivity contribution is 7.99.